The number of benzene rings is 1. The zero-order valence-corrected chi connectivity index (χ0v) is 20.4. The lowest BCUT2D eigenvalue weighted by atomic mass is 9.83. The molecule has 1 nitrogen and oxygen atoms in total. The molecule has 1 aromatic rings. The molecule has 1 heterocycles. The van der Waals surface area contributed by atoms with E-state index in [1.54, 1.807) is 0 Å². The normalized spacial score (nSPS) is 22.6. The van der Waals surface area contributed by atoms with E-state index in [9.17, 15) is 0 Å². The summed E-state index contributed by atoms with van der Waals surface area (Å²) in [7, 11) is 0. The van der Waals surface area contributed by atoms with Gasteiger partial charge >= 0.3 is 0 Å². The van der Waals surface area contributed by atoms with Crippen LogP contribution >= 0.6 is 11.6 Å². The quantitative estimate of drug-likeness (QED) is 0.443. The van der Waals surface area contributed by atoms with E-state index in [-0.39, 0.29) is 5.41 Å². The summed E-state index contributed by atoms with van der Waals surface area (Å²) in [6, 6.07) is 8.84. The van der Waals surface area contributed by atoms with Gasteiger partial charge in [0.15, 0.2) is 0 Å². The van der Waals surface area contributed by atoms with Gasteiger partial charge in [0.25, 0.3) is 0 Å². The van der Waals surface area contributed by atoms with Crippen LogP contribution in [-0.2, 0) is 5.41 Å². The summed E-state index contributed by atoms with van der Waals surface area (Å²) in [5.41, 5.74) is 6.71. The molecule has 30 heavy (non-hydrogen) atoms. The second kappa shape index (κ2) is 9.60. The van der Waals surface area contributed by atoms with Crippen molar-refractivity contribution >= 4 is 17.3 Å². The molecule has 1 aliphatic heterocycles. The molecule has 162 valence electrons. The Labute approximate surface area is 189 Å². The lowest BCUT2D eigenvalue weighted by Crippen LogP contribution is -2.26. The number of hydrogen-bond donors (Lipinski definition) is 0. The zero-order valence-electron chi connectivity index (χ0n) is 19.6. The highest BCUT2D eigenvalue weighted by Gasteiger charge is 2.39. The predicted octanol–water partition coefficient (Wildman–Crippen LogP) is 8.53. The molecule has 0 spiro atoms. The van der Waals surface area contributed by atoms with E-state index in [1.165, 1.54) is 34.5 Å². The van der Waals surface area contributed by atoms with Gasteiger partial charge in [0, 0.05) is 28.4 Å². The fourth-order valence-corrected chi connectivity index (χ4v) is 4.80. The Hall–Kier alpha value is -1.73. The second-order valence-electron chi connectivity index (χ2n) is 9.69. The van der Waals surface area contributed by atoms with Gasteiger partial charge in [-0.25, -0.2) is 0 Å². The molecule has 3 rings (SSSR count). The standard InChI is InChI=1S/C28H38ClN/c1-7-19-30-25-14-9-8-13-24(25)28(5,6)26(30)18-17-23-12-10-11-22(27(23)29)16-15-21(4)20(2)3/h8-9,13-18,20-21H,7,10-12,19H2,1-6H3/b16-15?,23-17+,26-18?. The Bertz CT molecular complexity index is 882. The minimum absolute atomic E-state index is 0.00309. The average molecular weight is 424 g/mol. The van der Waals surface area contributed by atoms with Crippen LogP contribution in [0.5, 0.6) is 0 Å². The number of halogens is 1. The van der Waals surface area contributed by atoms with Crippen LogP contribution in [0.2, 0.25) is 0 Å². The highest BCUT2D eigenvalue weighted by molar-refractivity contribution is 6.32. The Morgan fingerprint density at radius 2 is 1.83 bits per heavy atom. The first-order valence-electron chi connectivity index (χ1n) is 11.6. The molecule has 2 heteroatoms. The number of rotatable bonds is 6. The van der Waals surface area contributed by atoms with Gasteiger partial charge in [-0.1, -0.05) is 89.6 Å². The second-order valence-corrected chi connectivity index (χ2v) is 10.1. The van der Waals surface area contributed by atoms with E-state index in [0.717, 1.165) is 30.8 Å². The van der Waals surface area contributed by atoms with Crippen LogP contribution in [0.25, 0.3) is 0 Å². The summed E-state index contributed by atoms with van der Waals surface area (Å²) in [5, 5.41) is 0.959. The van der Waals surface area contributed by atoms with Crippen LogP contribution < -0.4 is 4.90 Å². The SMILES string of the molecule is CCCN1C(=C/C=C2\CCCC(C=CC(C)C(C)C)=C2Cl)C(C)(C)c2ccccc21. The highest BCUT2D eigenvalue weighted by Crippen LogP contribution is 2.47. The molecule has 0 aromatic heterocycles. The van der Waals surface area contributed by atoms with Crippen LogP contribution in [0.15, 0.2) is 70.4 Å². The lowest BCUT2D eigenvalue weighted by Gasteiger charge is -2.27. The van der Waals surface area contributed by atoms with Crippen molar-refractivity contribution in [3.05, 3.63) is 76.0 Å². The van der Waals surface area contributed by atoms with Gasteiger partial charge in [0.1, 0.15) is 0 Å². The number of allylic oxidation sites excluding steroid dienone is 8. The topological polar surface area (TPSA) is 3.24 Å². The van der Waals surface area contributed by atoms with Crippen molar-refractivity contribution in [2.45, 2.75) is 72.6 Å². The average Bonchev–Trinajstić information content (AvgIpc) is 2.93. The maximum absolute atomic E-state index is 6.87. The first-order valence-corrected chi connectivity index (χ1v) is 12.0. The Morgan fingerprint density at radius 3 is 2.53 bits per heavy atom. The largest absolute Gasteiger partial charge is 0.344 e. The summed E-state index contributed by atoms with van der Waals surface area (Å²) in [6.07, 6.45) is 13.6. The molecular formula is C28H38ClN. The molecule has 1 atom stereocenters. The van der Waals surface area contributed by atoms with Crippen molar-refractivity contribution in [3.8, 4) is 0 Å². The summed E-state index contributed by atoms with van der Waals surface area (Å²) >= 11 is 6.87. The summed E-state index contributed by atoms with van der Waals surface area (Å²) in [4.78, 5) is 2.50. The number of hydrogen-bond acceptors (Lipinski definition) is 1. The third-order valence-electron chi connectivity index (χ3n) is 6.80. The Morgan fingerprint density at radius 1 is 1.10 bits per heavy atom. The van der Waals surface area contributed by atoms with Crippen LogP contribution in [-0.4, -0.2) is 6.54 Å². The molecule has 2 aliphatic rings. The zero-order chi connectivity index (χ0) is 21.9. The summed E-state index contributed by atoms with van der Waals surface area (Å²) < 4.78 is 0. The smallest absolute Gasteiger partial charge is 0.0469 e. The fourth-order valence-electron chi connectivity index (χ4n) is 4.48. The molecule has 0 bridgehead atoms. The van der Waals surface area contributed by atoms with Crippen LogP contribution in [0, 0.1) is 11.8 Å². The van der Waals surface area contributed by atoms with E-state index in [1.807, 2.05) is 0 Å². The molecule has 0 radical (unpaired) electrons. The summed E-state index contributed by atoms with van der Waals surface area (Å²) in [5.74, 6) is 1.22. The highest BCUT2D eigenvalue weighted by atomic mass is 35.5. The van der Waals surface area contributed by atoms with E-state index in [2.05, 4.69) is 95.0 Å². The molecule has 0 saturated carbocycles. The third kappa shape index (κ3) is 4.62. The monoisotopic (exact) mass is 423 g/mol. The number of para-hydroxylation sites is 1. The fraction of sp³-hybridized carbons (Fsp3) is 0.500. The summed E-state index contributed by atoms with van der Waals surface area (Å²) in [6.45, 7) is 14.8. The van der Waals surface area contributed by atoms with Gasteiger partial charge in [0.2, 0.25) is 0 Å². The minimum Gasteiger partial charge on any atom is -0.344 e. The van der Waals surface area contributed by atoms with E-state index in [0.29, 0.717) is 11.8 Å². The first-order chi connectivity index (χ1) is 14.3. The molecule has 0 amide bonds. The van der Waals surface area contributed by atoms with Crippen LogP contribution in [0.3, 0.4) is 0 Å². The molecule has 0 fully saturated rings. The first kappa shape index (κ1) is 22.9. The molecular weight excluding hydrogens is 386 g/mol. The van der Waals surface area contributed by atoms with E-state index >= 15 is 0 Å². The van der Waals surface area contributed by atoms with Gasteiger partial charge in [0.05, 0.1) is 0 Å². The van der Waals surface area contributed by atoms with E-state index in [4.69, 9.17) is 11.6 Å². The molecule has 1 aliphatic carbocycles. The molecule has 0 saturated heterocycles. The van der Waals surface area contributed by atoms with Gasteiger partial charge in [-0.3, -0.25) is 0 Å². The van der Waals surface area contributed by atoms with Crippen molar-refractivity contribution in [1.29, 1.82) is 0 Å². The predicted molar refractivity (Wildman–Crippen MR) is 133 cm³/mol. The number of anilines is 1. The van der Waals surface area contributed by atoms with Crippen molar-refractivity contribution in [3.63, 3.8) is 0 Å². The number of fused-ring (bicyclic) bond motifs is 1. The maximum atomic E-state index is 6.87. The third-order valence-corrected chi connectivity index (χ3v) is 7.28. The van der Waals surface area contributed by atoms with E-state index < -0.39 is 0 Å². The van der Waals surface area contributed by atoms with Crippen LogP contribution in [0.1, 0.15) is 72.8 Å². The van der Waals surface area contributed by atoms with Gasteiger partial charge in [-0.2, -0.15) is 0 Å². The van der Waals surface area contributed by atoms with Crippen molar-refractivity contribution in [2.24, 2.45) is 11.8 Å². The molecule has 1 aromatic carbocycles. The van der Waals surface area contributed by atoms with Crippen molar-refractivity contribution in [2.75, 3.05) is 11.4 Å². The maximum Gasteiger partial charge on any atom is 0.0469 e. The lowest BCUT2D eigenvalue weighted by molar-refractivity contribution is 0.504. The van der Waals surface area contributed by atoms with Crippen molar-refractivity contribution in [1.82, 2.24) is 0 Å². The molecule has 1 unspecified atom stereocenters. The number of nitrogens with zero attached hydrogens (tertiary/aromatic N) is 1. The van der Waals surface area contributed by atoms with Gasteiger partial charge < -0.3 is 4.90 Å². The Balaban J connectivity index is 1.95. The van der Waals surface area contributed by atoms with Gasteiger partial charge in [-0.15, -0.1) is 0 Å². The Kier molecular flexibility index (Phi) is 7.34. The molecule has 0 N–H and O–H groups in total. The van der Waals surface area contributed by atoms with Crippen LogP contribution in [0.4, 0.5) is 5.69 Å². The van der Waals surface area contributed by atoms with Gasteiger partial charge in [-0.05, 0) is 66.4 Å². The minimum atomic E-state index is 0.00309. The van der Waals surface area contributed by atoms with Crippen molar-refractivity contribution < 1.29 is 0 Å².